The zero-order valence-corrected chi connectivity index (χ0v) is 11.4. The molecule has 4 unspecified atom stereocenters. The van der Waals surface area contributed by atoms with Gasteiger partial charge in [0.25, 0.3) is 0 Å². The molecular weight excluding hydrogens is 228 g/mol. The topological polar surface area (TPSA) is 64.3 Å². The number of ether oxygens (including phenoxy) is 1. The predicted molar refractivity (Wildman–Crippen MR) is 71.0 cm³/mol. The second-order valence-corrected chi connectivity index (χ2v) is 5.95. The number of carbonyl (C=O) groups is 1. The van der Waals surface area contributed by atoms with E-state index >= 15 is 0 Å². The first-order valence-electron chi connectivity index (χ1n) is 7.28. The van der Waals surface area contributed by atoms with E-state index in [0.29, 0.717) is 17.9 Å². The van der Waals surface area contributed by atoms with Gasteiger partial charge in [-0.15, -0.1) is 0 Å². The Morgan fingerprint density at radius 2 is 2.28 bits per heavy atom. The van der Waals surface area contributed by atoms with Gasteiger partial charge in [0, 0.05) is 31.0 Å². The lowest BCUT2D eigenvalue weighted by Gasteiger charge is -2.30. The number of nitrogens with one attached hydrogen (secondary N) is 1. The third-order valence-corrected chi connectivity index (χ3v) is 4.46. The van der Waals surface area contributed by atoms with Crippen molar-refractivity contribution in [1.29, 1.82) is 0 Å². The van der Waals surface area contributed by atoms with Crippen molar-refractivity contribution in [1.82, 2.24) is 5.32 Å². The molecule has 2 fully saturated rings. The Morgan fingerprint density at radius 3 is 2.94 bits per heavy atom. The fraction of sp³-hybridized carbons (Fsp3) is 0.929. The van der Waals surface area contributed by atoms with Crippen molar-refractivity contribution in [2.24, 2.45) is 23.5 Å². The van der Waals surface area contributed by atoms with Crippen LogP contribution in [0, 0.1) is 17.8 Å². The van der Waals surface area contributed by atoms with E-state index in [-0.39, 0.29) is 11.8 Å². The maximum Gasteiger partial charge on any atom is 0.223 e. The van der Waals surface area contributed by atoms with Crippen LogP contribution in [0.2, 0.25) is 0 Å². The van der Waals surface area contributed by atoms with Gasteiger partial charge in [-0.25, -0.2) is 0 Å². The van der Waals surface area contributed by atoms with E-state index in [9.17, 15) is 4.79 Å². The molecule has 0 radical (unpaired) electrons. The lowest BCUT2D eigenvalue weighted by Crippen LogP contribution is -2.39. The average Bonchev–Trinajstić information content (AvgIpc) is 2.88. The van der Waals surface area contributed by atoms with Crippen LogP contribution in [0.1, 0.15) is 39.0 Å². The van der Waals surface area contributed by atoms with E-state index < -0.39 is 0 Å². The smallest absolute Gasteiger partial charge is 0.223 e. The number of amides is 1. The quantitative estimate of drug-likeness (QED) is 0.794. The third-order valence-electron chi connectivity index (χ3n) is 4.46. The van der Waals surface area contributed by atoms with Crippen molar-refractivity contribution in [3.63, 3.8) is 0 Å². The normalized spacial score (nSPS) is 34.2. The predicted octanol–water partition coefficient (Wildman–Crippen LogP) is 1.29. The van der Waals surface area contributed by atoms with Crippen LogP contribution in [0.3, 0.4) is 0 Å². The van der Waals surface area contributed by atoms with Crippen LogP contribution in [0.15, 0.2) is 0 Å². The van der Waals surface area contributed by atoms with Gasteiger partial charge >= 0.3 is 0 Å². The summed E-state index contributed by atoms with van der Waals surface area (Å²) in [5.41, 5.74) is 5.99. The highest BCUT2D eigenvalue weighted by Gasteiger charge is 2.28. The molecule has 0 bridgehead atoms. The Bertz CT molecular complexity index is 277. The molecule has 4 atom stereocenters. The maximum atomic E-state index is 12.1. The molecule has 104 valence electrons. The molecule has 0 aromatic carbocycles. The minimum Gasteiger partial charge on any atom is -0.381 e. The van der Waals surface area contributed by atoms with Crippen molar-refractivity contribution in [3.8, 4) is 0 Å². The van der Waals surface area contributed by atoms with E-state index in [0.717, 1.165) is 45.4 Å². The van der Waals surface area contributed by atoms with Crippen LogP contribution in [0.25, 0.3) is 0 Å². The zero-order chi connectivity index (χ0) is 13.0. The summed E-state index contributed by atoms with van der Waals surface area (Å²) in [6, 6.07) is 0.294. The fourth-order valence-electron chi connectivity index (χ4n) is 3.09. The molecule has 3 N–H and O–H groups in total. The molecule has 0 spiro atoms. The minimum absolute atomic E-state index is 0.0960. The van der Waals surface area contributed by atoms with Gasteiger partial charge in [-0.05, 0) is 31.6 Å². The summed E-state index contributed by atoms with van der Waals surface area (Å²) in [7, 11) is 0. The van der Waals surface area contributed by atoms with Crippen LogP contribution < -0.4 is 11.1 Å². The number of rotatable bonds is 4. The number of hydrogen-bond acceptors (Lipinski definition) is 3. The first kappa shape index (κ1) is 13.8. The molecule has 1 aliphatic heterocycles. The molecule has 1 aliphatic carbocycles. The zero-order valence-electron chi connectivity index (χ0n) is 11.4. The molecule has 1 saturated carbocycles. The molecule has 0 aromatic heterocycles. The highest BCUT2D eigenvalue weighted by molar-refractivity contribution is 5.78. The Hall–Kier alpha value is -0.610. The molecule has 18 heavy (non-hydrogen) atoms. The van der Waals surface area contributed by atoms with E-state index in [1.165, 1.54) is 6.42 Å². The Morgan fingerprint density at radius 1 is 1.44 bits per heavy atom. The first-order chi connectivity index (χ1) is 8.66. The summed E-state index contributed by atoms with van der Waals surface area (Å²) < 4.78 is 5.31. The van der Waals surface area contributed by atoms with Crippen molar-refractivity contribution in [3.05, 3.63) is 0 Å². The van der Waals surface area contributed by atoms with Crippen LogP contribution >= 0.6 is 0 Å². The molecule has 4 nitrogen and oxygen atoms in total. The van der Waals surface area contributed by atoms with Crippen LogP contribution in [-0.4, -0.2) is 31.7 Å². The molecule has 1 amide bonds. The maximum absolute atomic E-state index is 12.1. The monoisotopic (exact) mass is 254 g/mol. The van der Waals surface area contributed by atoms with Gasteiger partial charge in [0.1, 0.15) is 0 Å². The van der Waals surface area contributed by atoms with Crippen molar-refractivity contribution < 1.29 is 9.53 Å². The second kappa shape index (κ2) is 6.53. The SMILES string of the molecule is CC(C(=O)NCC1CCOC1)C1CCCC(N)C1. The summed E-state index contributed by atoms with van der Waals surface area (Å²) in [6.45, 7) is 4.45. The largest absolute Gasteiger partial charge is 0.381 e. The Kier molecular flexibility index (Phi) is 5.01. The molecule has 1 saturated heterocycles. The molecule has 2 aliphatic rings. The van der Waals surface area contributed by atoms with Crippen LogP contribution in [0.4, 0.5) is 0 Å². The van der Waals surface area contributed by atoms with Crippen LogP contribution in [0.5, 0.6) is 0 Å². The summed E-state index contributed by atoms with van der Waals surface area (Å²) in [4.78, 5) is 12.1. The number of carbonyl (C=O) groups excluding carboxylic acids is 1. The van der Waals surface area contributed by atoms with Crippen molar-refractivity contribution in [2.45, 2.75) is 45.1 Å². The van der Waals surface area contributed by atoms with Crippen molar-refractivity contribution >= 4 is 5.91 Å². The van der Waals surface area contributed by atoms with Crippen LogP contribution in [-0.2, 0) is 9.53 Å². The third kappa shape index (κ3) is 3.69. The van der Waals surface area contributed by atoms with Crippen molar-refractivity contribution in [2.75, 3.05) is 19.8 Å². The minimum atomic E-state index is 0.0960. The summed E-state index contributed by atoms with van der Waals surface area (Å²) in [5.74, 6) is 1.27. The van der Waals surface area contributed by atoms with Gasteiger partial charge in [0.15, 0.2) is 0 Å². The van der Waals surface area contributed by atoms with Gasteiger partial charge in [-0.1, -0.05) is 13.3 Å². The van der Waals surface area contributed by atoms with E-state index in [1.807, 2.05) is 6.92 Å². The molecule has 4 heteroatoms. The molecule has 2 rings (SSSR count). The van der Waals surface area contributed by atoms with E-state index in [4.69, 9.17) is 10.5 Å². The average molecular weight is 254 g/mol. The second-order valence-electron chi connectivity index (χ2n) is 5.95. The highest BCUT2D eigenvalue weighted by atomic mass is 16.5. The highest BCUT2D eigenvalue weighted by Crippen LogP contribution is 2.29. The summed E-state index contributed by atoms with van der Waals surface area (Å²) >= 11 is 0. The Balaban J connectivity index is 1.73. The molecule has 0 aromatic rings. The van der Waals surface area contributed by atoms with Gasteiger partial charge < -0.3 is 15.8 Å². The molecular formula is C14H26N2O2. The fourth-order valence-corrected chi connectivity index (χ4v) is 3.09. The van der Waals surface area contributed by atoms with Gasteiger partial charge in [0.2, 0.25) is 5.91 Å². The lowest BCUT2D eigenvalue weighted by molar-refractivity contribution is -0.126. The summed E-state index contributed by atoms with van der Waals surface area (Å²) in [6.07, 6.45) is 5.50. The van der Waals surface area contributed by atoms with E-state index in [1.54, 1.807) is 0 Å². The van der Waals surface area contributed by atoms with E-state index in [2.05, 4.69) is 5.32 Å². The number of nitrogens with two attached hydrogens (primary N) is 1. The first-order valence-corrected chi connectivity index (χ1v) is 7.28. The van der Waals surface area contributed by atoms with Gasteiger partial charge in [0.05, 0.1) is 6.61 Å². The molecule has 1 heterocycles. The van der Waals surface area contributed by atoms with Gasteiger partial charge in [-0.2, -0.15) is 0 Å². The standard InChI is InChI=1S/C14H26N2O2/c1-10(12-3-2-4-13(15)7-12)14(17)16-8-11-5-6-18-9-11/h10-13H,2-9,15H2,1H3,(H,16,17). The van der Waals surface area contributed by atoms with Gasteiger partial charge in [-0.3, -0.25) is 4.79 Å². The Labute approximate surface area is 110 Å². The number of hydrogen-bond donors (Lipinski definition) is 2. The summed E-state index contributed by atoms with van der Waals surface area (Å²) in [5, 5.41) is 3.08. The lowest BCUT2D eigenvalue weighted by atomic mass is 9.78.